The van der Waals surface area contributed by atoms with Gasteiger partial charge in [0.05, 0.1) is 25.5 Å². The van der Waals surface area contributed by atoms with E-state index in [9.17, 15) is 4.79 Å². The summed E-state index contributed by atoms with van der Waals surface area (Å²) >= 11 is 1.60. The highest BCUT2D eigenvalue weighted by molar-refractivity contribution is 7.09. The van der Waals surface area contributed by atoms with E-state index in [1.165, 1.54) is 0 Å². The normalized spacial score (nSPS) is 19.8. The molecule has 6 nitrogen and oxygen atoms in total. The average Bonchev–Trinajstić information content (AvgIpc) is 3.15. The lowest BCUT2D eigenvalue weighted by Gasteiger charge is -2.25. The fourth-order valence-electron chi connectivity index (χ4n) is 2.11. The van der Waals surface area contributed by atoms with Crippen molar-refractivity contribution < 1.29 is 9.53 Å². The maximum atomic E-state index is 11.5. The van der Waals surface area contributed by atoms with Gasteiger partial charge in [-0.3, -0.25) is 4.90 Å². The number of ether oxygens (including phenoxy) is 1. The second-order valence-electron chi connectivity index (χ2n) is 5.22. The van der Waals surface area contributed by atoms with E-state index in [1.54, 1.807) is 11.3 Å². The van der Waals surface area contributed by atoms with E-state index in [1.807, 2.05) is 0 Å². The van der Waals surface area contributed by atoms with Crippen molar-refractivity contribution in [2.75, 3.05) is 26.3 Å². The Balaban J connectivity index is 1.42. The molecule has 2 heterocycles. The lowest BCUT2D eigenvalue weighted by molar-refractivity contribution is 0.0337. The van der Waals surface area contributed by atoms with Crippen LogP contribution in [0.2, 0.25) is 0 Å². The Morgan fingerprint density at radius 3 is 3.00 bits per heavy atom. The average molecular weight is 296 g/mol. The number of amides is 2. The van der Waals surface area contributed by atoms with E-state index in [-0.39, 0.29) is 6.03 Å². The summed E-state index contributed by atoms with van der Waals surface area (Å²) < 4.78 is 5.33. The maximum absolute atomic E-state index is 11.5. The molecule has 2 fully saturated rings. The van der Waals surface area contributed by atoms with E-state index in [0.29, 0.717) is 12.6 Å². The molecule has 1 saturated heterocycles. The molecule has 1 saturated carbocycles. The molecule has 0 aromatic carbocycles. The number of aromatic nitrogens is 1. The Labute approximate surface area is 122 Å². The van der Waals surface area contributed by atoms with Crippen LogP contribution in [0.25, 0.3) is 0 Å². The quantitative estimate of drug-likeness (QED) is 0.848. The van der Waals surface area contributed by atoms with Crippen molar-refractivity contribution in [2.24, 2.45) is 0 Å². The highest BCUT2D eigenvalue weighted by Gasteiger charge is 2.23. The van der Waals surface area contributed by atoms with Crippen LogP contribution in [0.5, 0.6) is 0 Å². The minimum absolute atomic E-state index is 0.0857. The minimum Gasteiger partial charge on any atom is -0.379 e. The zero-order valence-corrected chi connectivity index (χ0v) is 12.2. The van der Waals surface area contributed by atoms with Crippen molar-refractivity contribution in [3.8, 4) is 0 Å². The number of hydrogen-bond donors (Lipinski definition) is 2. The van der Waals surface area contributed by atoms with Gasteiger partial charge < -0.3 is 15.4 Å². The van der Waals surface area contributed by atoms with Crippen LogP contribution < -0.4 is 10.6 Å². The lowest BCUT2D eigenvalue weighted by Crippen LogP contribution is -2.36. The minimum atomic E-state index is -0.0857. The van der Waals surface area contributed by atoms with Crippen molar-refractivity contribution in [3.05, 3.63) is 16.1 Å². The molecule has 3 rings (SSSR count). The Kier molecular flexibility index (Phi) is 4.49. The molecule has 0 spiro atoms. The molecule has 2 aliphatic rings. The molecule has 0 bridgehead atoms. The van der Waals surface area contributed by atoms with E-state index in [0.717, 1.165) is 56.4 Å². The number of carbonyl (C=O) groups is 1. The van der Waals surface area contributed by atoms with Crippen molar-refractivity contribution in [1.29, 1.82) is 0 Å². The monoisotopic (exact) mass is 296 g/mol. The van der Waals surface area contributed by atoms with Gasteiger partial charge in [-0.2, -0.15) is 0 Å². The summed E-state index contributed by atoms with van der Waals surface area (Å²) in [5.41, 5.74) is 1.08. The molecular formula is C13H20N4O2S. The van der Waals surface area contributed by atoms with Crippen LogP contribution in [0.15, 0.2) is 5.38 Å². The number of nitrogens with zero attached hydrogens (tertiary/aromatic N) is 2. The van der Waals surface area contributed by atoms with Crippen LogP contribution >= 0.6 is 11.3 Å². The maximum Gasteiger partial charge on any atom is 0.315 e. The van der Waals surface area contributed by atoms with E-state index in [2.05, 4.69) is 25.9 Å². The van der Waals surface area contributed by atoms with Gasteiger partial charge in [0, 0.05) is 31.1 Å². The third-order valence-corrected chi connectivity index (χ3v) is 4.30. The third kappa shape index (κ3) is 4.16. The topological polar surface area (TPSA) is 66.5 Å². The van der Waals surface area contributed by atoms with Gasteiger partial charge in [-0.15, -0.1) is 11.3 Å². The second kappa shape index (κ2) is 6.51. The van der Waals surface area contributed by atoms with Gasteiger partial charge >= 0.3 is 6.03 Å². The molecule has 2 N–H and O–H groups in total. The number of rotatable bonds is 5. The Morgan fingerprint density at radius 1 is 1.45 bits per heavy atom. The van der Waals surface area contributed by atoms with Gasteiger partial charge in [-0.1, -0.05) is 0 Å². The Morgan fingerprint density at radius 2 is 2.25 bits per heavy atom. The number of nitrogens with one attached hydrogen (secondary N) is 2. The predicted molar refractivity (Wildman–Crippen MR) is 76.6 cm³/mol. The summed E-state index contributed by atoms with van der Waals surface area (Å²) in [7, 11) is 0. The van der Waals surface area contributed by atoms with E-state index < -0.39 is 0 Å². The largest absolute Gasteiger partial charge is 0.379 e. The molecule has 0 radical (unpaired) electrons. The first-order valence-corrected chi connectivity index (χ1v) is 7.95. The first-order valence-electron chi connectivity index (χ1n) is 7.07. The molecule has 2 amide bonds. The highest BCUT2D eigenvalue weighted by atomic mass is 32.1. The summed E-state index contributed by atoms with van der Waals surface area (Å²) in [6.45, 7) is 4.92. The first-order chi connectivity index (χ1) is 9.79. The zero-order chi connectivity index (χ0) is 13.8. The van der Waals surface area contributed by atoms with Crippen LogP contribution in [0.1, 0.15) is 23.5 Å². The van der Waals surface area contributed by atoms with Gasteiger partial charge in [0.1, 0.15) is 5.01 Å². The zero-order valence-electron chi connectivity index (χ0n) is 11.4. The van der Waals surface area contributed by atoms with Gasteiger partial charge in [-0.05, 0) is 12.8 Å². The smallest absolute Gasteiger partial charge is 0.315 e. The molecule has 20 heavy (non-hydrogen) atoms. The van der Waals surface area contributed by atoms with Gasteiger partial charge in [0.2, 0.25) is 0 Å². The number of urea groups is 1. The number of carbonyl (C=O) groups excluding carboxylic acids is 1. The fourth-order valence-corrected chi connectivity index (χ4v) is 2.84. The Bertz CT molecular complexity index is 455. The van der Waals surface area contributed by atoms with Gasteiger partial charge in [-0.25, -0.2) is 9.78 Å². The number of thiazole rings is 1. The van der Waals surface area contributed by atoms with E-state index in [4.69, 9.17) is 4.74 Å². The number of hydrogen-bond acceptors (Lipinski definition) is 5. The summed E-state index contributed by atoms with van der Waals surface area (Å²) in [5, 5.41) is 8.79. The number of morpholine rings is 1. The molecular weight excluding hydrogens is 276 g/mol. The van der Waals surface area contributed by atoms with E-state index >= 15 is 0 Å². The molecule has 1 aromatic heterocycles. The second-order valence-corrected chi connectivity index (χ2v) is 6.17. The molecule has 1 aromatic rings. The van der Waals surface area contributed by atoms with Crippen molar-refractivity contribution in [3.63, 3.8) is 0 Å². The SMILES string of the molecule is O=C(NCc1nc(CN2CCOCC2)cs1)NC1CC1. The fraction of sp³-hybridized carbons (Fsp3) is 0.692. The summed E-state index contributed by atoms with van der Waals surface area (Å²) in [6.07, 6.45) is 2.21. The third-order valence-electron chi connectivity index (χ3n) is 3.40. The van der Waals surface area contributed by atoms with Crippen LogP contribution in [-0.2, 0) is 17.8 Å². The predicted octanol–water partition coefficient (Wildman–Crippen LogP) is 0.937. The molecule has 7 heteroatoms. The van der Waals surface area contributed by atoms with Crippen LogP contribution in [-0.4, -0.2) is 48.3 Å². The standard InChI is InChI=1S/C13H20N4O2S/c18-13(16-10-1-2-10)14-7-12-15-11(9-20-12)8-17-3-5-19-6-4-17/h9-10H,1-8H2,(H2,14,16,18). The Hall–Kier alpha value is -1.18. The molecule has 0 atom stereocenters. The van der Waals surface area contributed by atoms with Crippen molar-refractivity contribution >= 4 is 17.4 Å². The summed E-state index contributed by atoms with van der Waals surface area (Å²) in [6, 6.07) is 0.306. The van der Waals surface area contributed by atoms with Gasteiger partial charge in [0.15, 0.2) is 0 Å². The molecule has 1 aliphatic heterocycles. The molecule has 110 valence electrons. The summed E-state index contributed by atoms with van der Waals surface area (Å²) in [5.74, 6) is 0. The lowest BCUT2D eigenvalue weighted by atomic mass is 10.3. The molecule has 0 unspecified atom stereocenters. The van der Waals surface area contributed by atoms with Crippen LogP contribution in [0.4, 0.5) is 4.79 Å². The van der Waals surface area contributed by atoms with Crippen molar-refractivity contribution in [1.82, 2.24) is 20.5 Å². The van der Waals surface area contributed by atoms with Crippen LogP contribution in [0.3, 0.4) is 0 Å². The molecule has 1 aliphatic carbocycles. The van der Waals surface area contributed by atoms with Crippen molar-refractivity contribution in [2.45, 2.75) is 32.0 Å². The summed E-state index contributed by atoms with van der Waals surface area (Å²) in [4.78, 5) is 18.4. The van der Waals surface area contributed by atoms with Gasteiger partial charge in [0.25, 0.3) is 0 Å². The van der Waals surface area contributed by atoms with Crippen LogP contribution in [0, 0.1) is 0 Å². The first kappa shape index (κ1) is 13.8. The highest BCUT2D eigenvalue weighted by Crippen LogP contribution is 2.18.